The van der Waals surface area contributed by atoms with Crippen molar-refractivity contribution in [1.82, 2.24) is 15.2 Å². The summed E-state index contributed by atoms with van der Waals surface area (Å²) in [6.45, 7) is 2.06. The fourth-order valence-corrected chi connectivity index (χ4v) is 1.83. The molecule has 95 valence electrons. The molecule has 3 aromatic rings. The molecule has 0 aliphatic rings. The number of rotatable bonds is 2. The second-order valence-electron chi connectivity index (χ2n) is 4.32. The molecule has 1 radical (unpaired) electrons. The van der Waals surface area contributed by atoms with E-state index < -0.39 is 0 Å². The Bertz CT molecular complexity index is 682. The monoisotopic (exact) mass is 335 g/mol. The van der Waals surface area contributed by atoms with Crippen molar-refractivity contribution in [3.05, 3.63) is 66.4 Å². The molecule has 0 spiro atoms. The molecule has 1 aromatic heterocycles. The van der Waals surface area contributed by atoms with Gasteiger partial charge in [-0.25, -0.2) is 4.98 Å². The Morgan fingerprint density at radius 2 is 1.60 bits per heavy atom. The number of hydrogen-bond acceptors (Lipinski definition) is 3. The third-order valence-electron chi connectivity index (χ3n) is 2.88. The van der Waals surface area contributed by atoms with Gasteiger partial charge in [0, 0.05) is 38.3 Å². The van der Waals surface area contributed by atoms with Crippen molar-refractivity contribution in [1.29, 1.82) is 0 Å². The predicted octanol–water partition coefficient (Wildman–Crippen LogP) is 3.31. The van der Waals surface area contributed by atoms with Crippen molar-refractivity contribution in [2.75, 3.05) is 0 Å². The van der Waals surface area contributed by atoms with Crippen LogP contribution in [0.4, 0.5) is 0 Å². The average Bonchev–Trinajstić information content (AvgIpc) is 2.49. The second kappa shape index (κ2) is 6.82. The molecule has 0 amide bonds. The maximum atomic E-state index is 4.56. The van der Waals surface area contributed by atoms with E-state index in [1.165, 1.54) is 5.56 Å². The van der Waals surface area contributed by atoms with Gasteiger partial charge in [-0.1, -0.05) is 35.4 Å². The standard InChI is InChI=1S/C16H12N3.Y/c1-12-7-9-13(10-8-12)15-11-17-19-16(18-15)14-5-3-2-4-6-14;/h3-11H,1H3;/q-1;. The molecule has 1 heterocycles. The van der Waals surface area contributed by atoms with Crippen LogP contribution in [-0.4, -0.2) is 15.2 Å². The zero-order valence-electron chi connectivity index (χ0n) is 11.1. The van der Waals surface area contributed by atoms with Gasteiger partial charge in [0.25, 0.3) is 0 Å². The topological polar surface area (TPSA) is 38.7 Å². The van der Waals surface area contributed by atoms with Crippen molar-refractivity contribution in [3.63, 3.8) is 0 Å². The smallest absolute Gasteiger partial charge is 0.158 e. The molecule has 3 nitrogen and oxygen atoms in total. The summed E-state index contributed by atoms with van der Waals surface area (Å²) < 4.78 is 0. The van der Waals surface area contributed by atoms with E-state index in [2.05, 4.69) is 40.3 Å². The zero-order chi connectivity index (χ0) is 13.1. The normalized spacial score (nSPS) is 9.85. The van der Waals surface area contributed by atoms with Crippen molar-refractivity contribution in [3.8, 4) is 22.6 Å². The second-order valence-corrected chi connectivity index (χ2v) is 4.32. The van der Waals surface area contributed by atoms with Crippen LogP contribution >= 0.6 is 0 Å². The van der Waals surface area contributed by atoms with Crippen molar-refractivity contribution >= 4 is 0 Å². The number of aromatic nitrogens is 3. The minimum Gasteiger partial charge on any atom is -0.227 e. The van der Waals surface area contributed by atoms with Gasteiger partial charge in [-0.15, -0.1) is 5.10 Å². The van der Waals surface area contributed by atoms with Gasteiger partial charge in [-0.3, -0.25) is 0 Å². The van der Waals surface area contributed by atoms with Crippen molar-refractivity contribution < 1.29 is 32.7 Å². The molecule has 3 rings (SSSR count). The number of benzene rings is 2. The molecule has 0 N–H and O–H groups in total. The summed E-state index contributed by atoms with van der Waals surface area (Å²) in [6.07, 6.45) is 1.68. The first-order chi connectivity index (χ1) is 9.33. The molecule has 0 bridgehead atoms. The van der Waals surface area contributed by atoms with E-state index in [4.69, 9.17) is 0 Å². The van der Waals surface area contributed by atoms with Gasteiger partial charge in [-0.2, -0.15) is 35.4 Å². The SMILES string of the molecule is Cc1ccc(-c2cnnc(-c3cc[c-]cc3)n2)cc1.[Y]. The largest absolute Gasteiger partial charge is 0.227 e. The Morgan fingerprint density at radius 1 is 0.900 bits per heavy atom. The predicted molar refractivity (Wildman–Crippen MR) is 74.3 cm³/mol. The summed E-state index contributed by atoms with van der Waals surface area (Å²) in [5, 5.41) is 8.11. The van der Waals surface area contributed by atoms with Crippen LogP contribution in [-0.2, 0) is 32.7 Å². The van der Waals surface area contributed by atoms with E-state index in [1.54, 1.807) is 6.20 Å². The third kappa shape index (κ3) is 3.35. The Hall–Kier alpha value is -1.45. The maximum Gasteiger partial charge on any atom is 0.158 e. The molecule has 0 saturated heterocycles. The van der Waals surface area contributed by atoms with Gasteiger partial charge >= 0.3 is 0 Å². The summed E-state index contributed by atoms with van der Waals surface area (Å²) in [6, 6.07) is 18.7. The van der Waals surface area contributed by atoms with Crippen LogP contribution in [0.3, 0.4) is 0 Å². The van der Waals surface area contributed by atoms with Crippen LogP contribution in [0, 0.1) is 13.0 Å². The van der Waals surface area contributed by atoms with Gasteiger partial charge < -0.3 is 0 Å². The van der Waals surface area contributed by atoms with E-state index in [0.29, 0.717) is 5.82 Å². The summed E-state index contributed by atoms with van der Waals surface area (Å²) in [4.78, 5) is 4.56. The molecule has 0 unspecified atom stereocenters. The summed E-state index contributed by atoms with van der Waals surface area (Å²) >= 11 is 0. The summed E-state index contributed by atoms with van der Waals surface area (Å²) in [5.74, 6) is 0.632. The van der Waals surface area contributed by atoms with E-state index in [0.717, 1.165) is 16.8 Å². The molecule has 20 heavy (non-hydrogen) atoms. The Balaban J connectivity index is 0.00000147. The van der Waals surface area contributed by atoms with Gasteiger partial charge in [0.05, 0.1) is 11.9 Å². The first kappa shape index (κ1) is 15.0. The molecule has 0 saturated carbocycles. The van der Waals surface area contributed by atoms with Gasteiger partial charge in [0.2, 0.25) is 0 Å². The van der Waals surface area contributed by atoms with Crippen LogP contribution in [0.5, 0.6) is 0 Å². The quantitative estimate of drug-likeness (QED) is 0.675. The van der Waals surface area contributed by atoms with Crippen LogP contribution in [0.1, 0.15) is 5.56 Å². The molecule has 0 fully saturated rings. The van der Waals surface area contributed by atoms with Crippen molar-refractivity contribution in [2.24, 2.45) is 0 Å². The van der Waals surface area contributed by atoms with Gasteiger partial charge in [0.1, 0.15) is 0 Å². The first-order valence-corrected chi connectivity index (χ1v) is 6.06. The minimum atomic E-state index is 0. The van der Waals surface area contributed by atoms with Crippen LogP contribution in [0.2, 0.25) is 0 Å². The van der Waals surface area contributed by atoms with Gasteiger partial charge in [0.15, 0.2) is 5.82 Å². The number of hydrogen-bond donors (Lipinski definition) is 0. The van der Waals surface area contributed by atoms with Crippen LogP contribution in [0.25, 0.3) is 22.6 Å². The zero-order valence-corrected chi connectivity index (χ0v) is 14.0. The Kier molecular flexibility index (Phi) is 5.10. The van der Waals surface area contributed by atoms with Crippen LogP contribution < -0.4 is 0 Å². The first-order valence-electron chi connectivity index (χ1n) is 6.06. The average molecular weight is 335 g/mol. The minimum absolute atomic E-state index is 0. The van der Waals surface area contributed by atoms with Crippen LogP contribution in [0.15, 0.2) is 54.7 Å². The molecular weight excluding hydrogens is 323 g/mol. The van der Waals surface area contributed by atoms with E-state index in [-0.39, 0.29) is 32.7 Å². The number of nitrogens with zero attached hydrogens (tertiary/aromatic N) is 3. The molecule has 0 aliphatic carbocycles. The van der Waals surface area contributed by atoms with Crippen molar-refractivity contribution in [2.45, 2.75) is 6.92 Å². The molecule has 2 aromatic carbocycles. The Morgan fingerprint density at radius 3 is 2.30 bits per heavy atom. The van der Waals surface area contributed by atoms with E-state index in [9.17, 15) is 0 Å². The Labute approximate surface area is 143 Å². The third-order valence-corrected chi connectivity index (χ3v) is 2.88. The summed E-state index contributed by atoms with van der Waals surface area (Å²) in [7, 11) is 0. The molecule has 0 aliphatic heterocycles. The molecule has 4 heteroatoms. The fourth-order valence-electron chi connectivity index (χ4n) is 1.83. The number of aryl methyl sites for hydroxylation is 1. The molecular formula is C16H12N3Y-. The summed E-state index contributed by atoms with van der Waals surface area (Å²) in [5.41, 5.74) is 4.05. The fraction of sp³-hybridized carbons (Fsp3) is 0.0625. The molecule has 0 atom stereocenters. The van der Waals surface area contributed by atoms with Gasteiger partial charge in [-0.05, 0) is 6.92 Å². The van der Waals surface area contributed by atoms with E-state index in [1.807, 2.05) is 36.4 Å². The maximum absolute atomic E-state index is 4.56. The van der Waals surface area contributed by atoms with E-state index >= 15 is 0 Å².